The summed E-state index contributed by atoms with van der Waals surface area (Å²) in [6.45, 7) is 1.60. The zero-order chi connectivity index (χ0) is 10.3. The van der Waals surface area contributed by atoms with Crippen molar-refractivity contribution in [1.29, 1.82) is 0 Å². The smallest absolute Gasteiger partial charge is 0.188 e. The number of aliphatic hydroxyl groups excluding tert-OH is 2. The maximum absolute atomic E-state index is 11.0. The summed E-state index contributed by atoms with van der Waals surface area (Å²) in [5, 5.41) is 19.0. The third-order valence-corrected chi connectivity index (χ3v) is 3.66. The molecule has 80 valence electrons. The quantitative estimate of drug-likeness (QED) is 0.597. The van der Waals surface area contributed by atoms with E-state index in [0.29, 0.717) is 0 Å². The first-order valence-corrected chi connectivity index (χ1v) is 5.19. The zero-order valence-electron chi connectivity index (χ0n) is 7.67. The van der Waals surface area contributed by atoms with E-state index in [4.69, 9.17) is 9.47 Å². The Labute approximate surface area is 85.4 Å². The topological polar surface area (TPSA) is 76.0 Å². The molecule has 2 rings (SSSR count). The van der Waals surface area contributed by atoms with Crippen molar-refractivity contribution in [3.8, 4) is 0 Å². The molecule has 0 amide bonds. The summed E-state index contributed by atoms with van der Waals surface area (Å²) in [6, 6.07) is 0. The van der Waals surface area contributed by atoms with Gasteiger partial charge in [-0.25, -0.2) is 0 Å². The Morgan fingerprint density at radius 2 is 2.21 bits per heavy atom. The van der Waals surface area contributed by atoms with Crippen LogP contribution in [0.3, 0.4) is 0 Å². The number of hydrogen-bond donors (Lipinski definition) is 2. The number of aliphatic hydroxyl groups is 2. The van der Waals surface area contributed by atoms with E-state index >= 15 is 0 Å². The monoisotopic (exact) mass is 220 g/mol. The standard InChI is InChI=1S/C8H12O5S/c1-4(9)14-8-6(11)3-12-7(8)5(10)2-13-8/h5-7,10-11H,2-3H2,1H3/t5-,6+,7-,8+/m1/s1. The van der Waals surface area contributed by atoms with Crippen LogP contribution in [0.5, 0.6) is 0 Å². The number of ether oxygens (including phenoxy) is 2. The average Bonchev–Trinajstić information content (AvgIpc) is 2.55. The van der Waals surface area contributed by atoms with Gasteiger partial charge in [0.1, 0.15) is 18.3 Å². The molecule has 0 saturated carbocycles. The molecule has 0 radical (unpaired) electrons. The zero-order valence-corrected chi connectivity index (χ0v) is 8.49. The fourth-order valence-corrected chi connectivity index (χ4v) is 2.98. The van der Waals surface area contributed by atoms with E-state index < -0.39 is 23.2 Å². The highest BCUT2D eigenvalue weighted by Crippen LogP contribution is 2.46. The van der Waals surface area contributed by atoms with E-state index in [1.54, 1.807) is 0 Å². The summed E-state index contributed by atoms with van der Waals surface area (Å²) < 4.78 is 10.5. The van der Waals surface area contributed by atoms with Gasteiger partial charge in [-0.15, -0.1) is 0 Å². The highest BCUT2D eigenvalue weighted by molar-refractivity contribution is 8.14. The Morgan fingerprint density at radius 3 is 2.86 bits per heavy atom. The van der Waals surface area contributed by atoms with Gasteiger partial charge in [-0.05, 0) is 11.8 Å². The molecule has 2 aliphatic rings. The summed E-state index contributed by atoms with van der Waals surface area (Å²) in [6.07, 6.45) is -2.23. The van der Waals surface area contributed by atoms with Gasteiger partial charge in [0.05, 0.1) is 13.2 Å². The second-order valence-electron chi connectivity index (χ2n) is 3.46. The lowest BCUT2D eigenvalue weighted by Crippen LogP contribution is -2.44. The lowest BCUT2D eigenvalue weighted by molar-refractivity contribution is -0.109. The van der Waals surface area contributed by atoms with Gasteiger partial charge < -0.3 is 19.7 Å². The number of rotatable bonds is 1. The van der Waals surface area contributed by atoms with Crippen LogP contribution in [-0.2, 0) is 14.3 Å². The Morgan fingerprint density at radius 1 is 1.50 bits per heavy atom. The van der Waals surface area contributed by atoms with E-state index in [2.05, 4.69) is 0 Å². The molecule has 6 heteroatoms. The van der Waals surface area contributed by atoms with Crippen LogP contribution in [0.2, 0.25) is 0 Å². The van der Waals surface area contributed by atoms with Gasteiger partial charge in [-0.1, -0.05) is 0 Å². The van der Waals surface area contributed by atoms with Crippen LogP contribution in [0.1, 0.15) is 6.92 Å². The Bertz CT molecular complexity index is 258. The lowest BCUT2D eigenvalue weighted by Gasteiger charge is -2.27. The Kier molecular flexibility index (Phi) is 2.57. The normalized spacial score (nSPS) is 46.6. The minimum Gasteiger partial charge on any atom is -0.388 e. The molecule has 2 N–H and O–H groups in total. The second kappa shape index (κ2) is 3.46. The van der Waals surface area contributed by atoms with Gasteiger partial charge in [0.25, 0.3) is 0 Å². The first-order valence-electron chi connectivity index (χ1n) is 4.37. The molecule has 2 heterocycles. The largest absolute Gasteiger partial charge is 0.388 e. The highest BCUT2D eigenvalue weighted by Gasteiger charge is 2.60. The third-order valence-electron chi connectivity index (χ3n) is 2.43. The van der Waals surface area contributed by atoms with Crippen LogP contribution < -0.4 is 0 Å². The molecular formula is C8H12O5S. The molecule has 2 fully saturated rings. The minimum absolute atomic E-state index is 0.0992. The van der Waals surface area contributed by atoms with Crippen LogP contribution in [0.4, 0.5) is 0 Å². The SMILES string of the molecule is CC(=O)S[C@]12OC[C@@H](O)[C@H]1OC[C@@H]2O. The first kappa shape index (κ1) is 10.4. The number of carbonyl (C=O) groups is 1. The van der Waals surface area contributed by atoms with E-state index in [1.807, 2.05) is 0 Å². The molecule has 5 nitrogen and oxygen atoms in total. The van der Waals surface area contributed by atoms with Crippen molar-refractivity contribution < 1.29 is 24.5 Å². The van der Waals surface area contributed by atoms with Crippen molar-refractivity contribution in [3.63, 3.8) is 0 Å². The van der Waals surface area contributed by atoms with E-state index in [9.17, 15) is 15.0 Å². The Hall–Kier alpha value is -0.140. The van der Waals surface area contributed by atoms with Gasteiger partial charge in [0.15, 0.2) is 10.0 Å². The Balaban J connectivity index is 2.23. The molecule has 2 saturated heterocycles. The summed E-state index contributed by atoms with van der Waals surface area (Å²) in [7, 11) is 0. The molecule has 2 aliphatic heterocycles. The molecule has 0 spiro atoms. The highest BCUT2D eigenvalue weighted by atomic mass is 32.2. The van der Waals surface area contributed by atoms with Crippen LogP contribution in [0, 0.1) is 0 Å². The fourth-order valence-electron chi connectivity index (χ4n) is 1.86. The van der Waals surface area contributed by atoms with Gasteiger partial charge in [-0.2, -0.15) is 0 Å². The molecule has 14 heavy (non-hydrogen) atoms. The van der Waals surface area contributed by atoms with Crippen molar-refractivity contribution in [3.05, 3.63) is 0 Å². The van der Waals surface area contributed by atoms with Crippen molar-refractivity contribution in [2.45, 2.75) is 30.2 Å². The summed E-state index contributed by atoms with van der Waals surface area (Å²) >= 11 is 0.896. The van der Waals surface area contributed by atoms with Crippen molar-refractivity contribution in [2.24, 2.45) is 0 Å². The first-order chi connectivity index (χ1) is 6.56. The molecule has 0 aromatic carbocycles. The van der Waals surface area contributed by atoms with Gasteiger partial charge in [0.2, 0.25) is 0 Å². The van der Waals surface area contributed by atoms with Crippen LogP contribution in [0.25, 0.3) is 0 Å². The molecule has 4 atom stereocenters. The number of carbonyl (C=O) groups excluding carboxylic acids is 1. The molecule has 0 aromatic rings. The minimum atomic E-state index is -1.09. The average molecular weight is 220 g/mol. The van der Waals surface area contributed by atoms with Crippen molar-refractivity contribution in [2.75, 3.05) is 13.2 Å². The van der Waals surface area contributed by atoms with E-state index in [-0.39, 0.29) is 18.3 Å². The predicted octanol–water partition coefficient (Wildman–Crippen LogP) is -0.887. The van der Waals surface area contributed by atoms with Crippen molar-refractivity contribution >= 4 is 16.9 Å². The van der Waals surface area contributed by atoms with E-state index in [0.717, 1.165) is 11.8 Å². The fraction of sp³-hybridized carbons (Fsp3) is 0.875. The van der Waals surface area contributed by atoms with Crippen LogP contribution in [0.15, 0.2) is 0 Å². The molecule has 0 unspecified atom stereocenters. The van der Waals surface area contributed by atoms with E-state index in [1.165, 1.54) is 6.92 Å². The molecular weight excluding hydrogens is 208 g/mol. The lowest BCUT2D eigenvalue weighted by atomic mass is 10.1. The molecule has 0 aliphatic carbocycles. The van der Waals surface area contributed by atoms with Gasteiger partial charge in [-0.3, -0.25) is 4.79 Å². The van der Waals surface area contributed by atoms with Crippen LogP contribution in [-0.4, -0.2) is 51.8 Å². The number of fused-ring (bicyclic) bond motifs is 1. The van der Waals surface area contributed by atoms with Gasteiger partial charge >= 0.3 is 0 Å². The maximum Gasteiger partial charge on any atom is 0.188 e. The molecule has 0 bridgehead atoms. The number of thioether (sulfide) groups is 1. The third kappa shape index (κ3) is 1.38. The maximum atomic E-state index is 11.0. The summed E-state index contributed by atoms with van der Waals surface area (Å²) in [4.78, 5) is 9.93. The second-order valence-corrected chi connectivity index (χ2v) is 4.88. The molecule has 0 aromatic heterocycles. The summed E-state index contributed by atoms with van der Waals surface area (Å²) in [5.41, 5.74) is 0. The predicted molar refractivity (Wildman–Crippen MR) is 48.7 cm³/mol. The van der Waals surface area contributed by atoms with Crippen molar-refractivity contribution in [1.82, 2.24) is 0 Å². The summed E-state index contributed by atoms with van der Waals surface area (Å²) in [5.74, 6) is 0. The van der Waals surface area contributed by atoms with Crippen LogP contribution >= 0.6 is 11.8 Å². The van der Waals surface area contributed by atoms with Gasteiger partial charge in [0, 0.05) is 6.92 Å². The number of hydrogen-bond acceptors (Lipinski definition) is 6.